The maximum Gasteiger partial charge on any atom is 0.241 e. The molecule has 1 saturated carbocycles. The second kappa shape index (κ2) is 6.87. The van der Waals surface area contributed by atoms with Crippen molar-refractivity contribution in [1.82, 2.24) is 29.0 Å². The van der Waals surface area contributed by atoms with Crippen LogP contribution in [0.3, 0.4) is 0 Å². The quantitative estimate of drug-likeness (QED) is 0.588. The van der Waals surface area contributed by atoms with E-state index in [0.29, 0.717) is 23.9 Å². The van der Waals surface area contributed by atoms with E-state index in [9.17, 15) is 0 Å². The maximum atomic E-state index is 5.45. The zero-order chi connectivity index (χ0) is 19.1. The Morgan fingerprint density at radius 3 is 2.71 bits per heavy atom. The number of nitrogens with zero attached hydrogens (tertiary/aromatic N) is 6. The first-order valence-corrected chi connectivity index (χ1v) is 9.65. The molecule has 0 bridgehead atoms. The smallest absolute Gasteiger partial charge is 0.241 e. The molecule has 1 aliphatic rings. The molecule has 0 atom stereocenters. The Labute approximate surface area is 162 Å². The molecule has 4 aromatic heterocycles. The van der Waals surface area contributed by atoms with Crippen molar-refractivity contribution in [2.45, 2.75) is 44.8 Å². The zero-order valence-electron chi connectivity index (χ0n) is 16.0. The van der Waals surface area contributed by atoms with Crippen LogP contribution in [-0.4, -0.2) is 48.2 Å². The lowest BCUT2D eigenvalue weighted by Gasteiger charge is -2.28. The third-order valence-corrected chi connectivity index (χ3v) is 5.62. The van der Waals surface area contributed by atoms with Crippen molar-refractivity contribution >= 4 is 17.2 Å². The number of hydrogen-bond donors (Lipinski definition) is 1. The summed E-state index contributed by atoms with van der Waals surface area (Å²) in [7, 11) is 1.79. The summed E-state index contributed by atoms with van der Waals surface area (Å²) in [6.45, 7) is 2.02. The standard InChI is InChI=1S/C20H23N7O/c1-13-9-22-20-23-10-14(12-26(13)20)17-7-8-27-18(17)11-21-19(25-27)24-15-3-5-16(28-2)6-4-15/h7-12,15-16H,3-6H2,1-2H3,(H,24,25)/t15-,16-. The van der Waals surface area contributed by atoms with Crippen molar-refractivity contribution in [3.05, 3.63) is 42.7 Å². The first-order chi connectivity index (χ1) is 13.7. The minimum absolute atomic E-state index is 0.388. The van der Waals surface area contributed by atoms with Crippen LogP contribution < -0.4 is 5.32 Å². The van der Waals surface area contributed by atoms with Crippen LogP contribution in [0.2, 0.25) is 0 Å². The Kier molecular flexibility index (Phi) is 4.20. The Morgan fingerprint density at radius 1 is 1.07 bits per heavy atom. The predicted octanol–water partition coefficient (Wildman–Crippen LogP) is 3.12. The highest BCUT2D eigenvalue weighted by Crippen LogP contribution is 2.26. The van der Waals surface area contributed by atoms with Crippen LogP contribution in [0.15, 0.2) is 37.1 Å². The fraction of sp³-hybridized carbons (Fsp3) is 0.400. The SMILES string of the molecule is CO[C@H]1CC[C@H](Nc2ncc3c(-c4cnc5ncc(C)n5c4)ccn3n2)CC1. The minimum Gasteiger partial charge on any atom is -0.381 e. The molecule has 28 heavy (non-hydrogen) atoms. The summed E-state index contributed by atoms with van der Waals surface area (Å²) in [6, 6.07) is 2.45. The van der Waals surface area contributed by atoms with Crippen LogP contribution in [0.4, 0.5) is 5.95 Å². The molecular formula is C20H23N7O. The first-order valence-electron chi connectivity index (χ1n) is 9.65. The van der Waals surface area contributed by atoms with Gasteiger partial charge in [0.15, 0.2) is 0 Å². The largest absolute Gasteiger partial charge is 0.381 e. The molecule has 8 heteroatoms. The van der Waals surface area contributed by atoms with Crippen molar-refractivity contribution < 1.29 is 4.74 Å². The fourth-order valence-electron chi connectivity index (χ4n) is 3.96. The van der Waals surface area contributed by atoms with Gasteiger partial charge in [0.1, 0.15) is 0 Å². The average molecular weight is 377 g/mol. The van der Waals surface area contributed by atoms with E-state index in [-0.39, 0.29) is 0 Å². The lowest BCUT2D eigenvalue weighted by Crippen LogP contribution is -2.30. The first kappa shape index (κ1) is 17.1. The van der Waals surface area contributed by atoms with E-state index in [4.69, 9.17) is 4.74 Å². The van der Waals surface area contributed by atoms with Gasteiger partial charge in [-0.1, -0.05) is 0 Å². The predicted molar refractivity (Wildman–Crippen MR) is 106 cm³/mol. The molecule has 4 heterocycles. The summed E-state index contributed by atoms with van der Waals surface area (Å²) in [5.74, 6) is 1.37. The van der Waals surface area contributed by atoms with Crippen LogP contribution in [0.25, 0.3) is 22.4 Å². The van der Waals surface area contributed by atoms with Crippen LogP contribution in [-0.2, 0) is 4.74 Å². The van der Waals surface area contributed by atoms with Gasteiger partial charge in [-0.15, -0.1) is 5.10 Å². The van der Waals surface area contributed by atoms with Gasteiger partial charge >= 0.3 is 0 Å². The molecule has 8 nitrogen and oxygen atoms in total. The number of methoxy groups -OCH3 is 1. The molecule has 0 saturated heterocycles. The Bertz CT molecular complexity index is 1120. The molecule has 0 aromatic carbocycles. The summed E-state index contributed by atoms with van der Waals surface area (Å²) in [5.41, 5.74) is 4.07. The van der Waals surface area contributed by atoms with E-state index >= 15 is 0 Å². The number of aryl methyl sites for hydroxylation is 1. The minimum atomic E-state index is 0.388. The number of anilines is 1. The van der Waals surface area contributed by atoms with Crippen molar-refractivity contribution in [2.75, 3.05) is 12.4 Å². The van der Waals surface area contributed by atoms with Crippen LogP contribution in [0, 0.1) is 6.92 Å². The van der Waals surface area contributed by atoms with Gasteiger partial charge in [0, 0.05) is 48.6 Å². The van der Waals surface area contributed by atoms with Crippen LogP contribution in [0.5, 0.6) is 0 Å². The Balaban J connectivity index is 1.41. The number of aromatic nitrogens is 6. The van der Waals surface area contributed by atoms with Crippen molar-refractivity contribution in [3.63, 3.8) is 0 Å². The summed E-state index contributed by atoms with van der Waals surface area (Å²) >= 11 is 0. The summed E-state index contributed by atoms with van der Waals surface area (Å²) < 4.78 is 9.31. The molecule has 1 fully saturated rings. The molecule has 4 aromatic rings. The van der Waals surface area contributed by atoms with E-state index in [1.54, 1.807) is 7.11 Å². The Hall–Kier alpha value is -3.00. The van der Waals surface area contributed by atoms with Crippen molar-refractivity contribution in [3.8, 4) is 11.1 Å². The monoisotopic (exact) mass is 377 g/mol. The molecular weight excluding hydrogens is 354 g/mol. The molecule has 0 spiro atoms. The van der Waals surface area contributed by atoms with E-state index in [0.717, 1.165) is 48.0 Å². The topological polar surface area (TPSA) is 81.6 Å². The van der Waals surface area contributed by atoms with E-state index in [2.05, 4.69) is 31.6 Å². The fourth-order valence-corrected chi connectivity index (χ4v) is 3.96. The van der Waals surface area contributed by atoms with Gasteiger partial charge in [-0.2, -0.15) is 0 Å². The maximum absolute atomic E-state index is 5.45. The lowest BCUT2D eigenvalue weighted by molar-refractivity contribution is 0.0681. The lowest BCUT2D eigenvalue weighted by atomic mass is 9.93. The van der Waals surface area contributed by atoms with Gasteiger partial charge in [-0.05, 0) is 38.7 Å². The second-order valence-electron chi connectivity index (χ2n) is 7.41. The third kappa shape index (κ3) is 2.99. The van der Waals surface area contributed by atoms with Gasteiger partial charge in [0.2, 0.25) is 11.7 Å². The molecule has 0 unspecified atom stereocenters. The highest BCUT2D eigenvalue weighted by molar-refractivity contribution is 5.79. The van der Waals surface area contributed by atoms with Gasteiger partial charge in [-0.25, -0.2) is 19.5 Å². The number of ether oxygens (including phenoxy) is 1. The molecule has 0 amide bonds. The number of imidazole rings is 1. The van der Waals surface area contributed by atoms with Crippen LogP contribution >= 0.6 is 0 Å². The number of rotatable bonds is 4. The van der Waals surface area contributed by atoms with Crippen LogP contribution in [0.1, 0.15) is 31.4 Å². The van der Waals surface area contributed by atoms with E-state index < -0.39 is 0 Å². The number of nitrogens with one attached hydrogen (secondary N) is 1. The highest BCUT2D eigenvalue weighted by Gasteiger charge is 2.21. The van der Waals surface area contributed by atoms with Gasteiger partial charge in [-0.3, -0.25) is 4.40 Å². The summed E-state index contributed by atoms with van der Waals surface area (Å²) in [6.07, 6.45) is 14.3. The number of fused-ring (bicyclic) bond motifs is 2. The Morgan fingerprint density at radius 2 is 1.89 bits per heavy atom. The number of hydrogen-bond acceptors (Lipinski definition) is 6. The molecule has 0 radical (unpaired) electrons. The van der Waals surface area contributed by atoms with Gasteiger partial charge < -0.3 is 10.1 Å². The third-order valence-electron chi connectivity index (χ3n) is 5.62. The molecule has 5 rings (SSSR count). The summed E-state index contributed by atoms with van der Waals surface area (Å²) in [5, 5.41) is 8.12. The highest BCUT2D eigenvalue weighted by atomic mass is 16.5. The van der Waals surface area contributed by atoms with E-state index in [1.165, 1.54) is 0 Å². The van der Waals surface area contributed by atoms with Gasteiger partial charge in [0.25, 0.3) is 0 Å². The molecule has 0 aliphatic heterocycles. The van der Waals surface area contributed by atoms with Crippen molar-refractivity contribution in [2.24, 2.45) is 0 Å². The summed E-state index contributed by atoms with van der Waals surface area (Å²) in [4.78, 5) is 13.3. The zero-order valence-corrected chi connectivity index (χ0v) is 16.0. The van der Waals surface area contributed by atoms with Crippen molar-refractivity contribution in [1.29, 1.82) is 0 Å². The second-order valence-corrected chi connectivity index (χ2v) is 7.41. The van der Waals surface area contributed by atoms with Gasteiger partial charge in [0.05, 0.1) is 24.0 Å². The van der Waals surface area contributed by atoms with E-state index in [1.807, 2.05) is 46.7 Å². The molecule has 1 N–H and O–H groups in total. The average Bonchev–Trinajstić information content (AvgIpc) is 3.32. The normalized spacial score (nSPS) is 20.1. The molecule has 1 aliphatic carbocycles. The molecule has 144 valence electrons.